The maximum Gasteiger partial charge on any atom is 0.365 e. The molecule has 0 atom stereocenters. The van der Waals surface area contributed by atoms with Gasteiger partial charge in [0.15, 0.2) is 0 Å². The second kappa shape index (κ2) is 12.0. The molecule has 3 aromatic heterocycles. The van der Waals surface area contributed by atoms with Gasteiger partial charge in [0.25, 0.3) is 0 Å². The lowest BCUT2D eigenvalue weighted by Gasteiger charge is -2.47. The molecule has 1 aliphatic heterocycles. The van der Waals surface area contributed by atoms with Gasteiger partial charge in [-0.05, 0) is 85.3 Å². The van der Waals surface area contributed by atoms with E-state index in [1.807, 2.05) is 48.2 Å². The van der Waals surface area contributed by atoms with Crippen LogP contribution in [0.15, 0.2) is 79.0 Å². The Morgan fingerprint density at radius 3 is 2.39 bits per heavy atom. The monoisotopic (exact) mass is 633 g/mol. The van der Waals surface area contributed by atoms with E-state index in [2.05, 4.69) is 39.5 Å². The van der Waals surface area contributed by atoms with E-state index in [-0.39, 0.29) is 5.60 Å². The molecule has 4 heterocycles. The molecule has 6 aromatic rings. The molecular weight excluding hydrogens is 598 g/mol. The Morgan fingerprint density at radius 1 is 0.913 bits per heavy atom. The third-order valence-corrected chi connectivity index (χ3v) is 10.8. The van der Waals surface area contributed by atoms with E-state index in [9.17, 15) is 4.79 Å². The van der Waals surface area contributed by atoms with Crippen LogP contribution in [0.2, 0.25) is 0 Å². The Kier molecular flexibility index (Phi) is 7.50. The van der Waals surface area contributed by atoms with Crippen LogP contribution in [-0.4, -0.2) is 61.5 Å². The highest BCUT2D eigenvalue weighted by molar-refractivity contribution is 7.19. The Bertz CT molecular complexity index is 1950. The number of carbonyl (C=O) groups is 1. The summed E-state index contributed by atoms with van der Waals surface area (Å²) in [5.74, 6) is 0.184. The molecule has 0 radical (unpaired) electrons. The third kappa shape index (κ3) is 5.33. The van der Waals surface area contributed by atoms with Crippen molar-refractivity contribution in [3.63, 3.8) is 0 Å². The molecule has 2 fully saturated rings. The first-order chi connectivity index (χ1) is 22.6. The van der Waals surface area contributed by atoms with Gasteiger partial charge in [0, 0.05) is 37.0 Å². The van der Waals surface area contributed by atoms with Gasteiger partial charge < -0.3 is 14.5 Å². The predicted molar refractivity (Wildman–Crippen MR) is 178 cm³/mol. The van der Waals surface area contributed by atoms with E-state index in [1.54, 1.807) is 29.5 Å². The highest BCUT2D eigenvalue weighted by Gasteiger charge is 2.42. The number of methoxy groups -OCH3 is 1. The predicted octanol–water partition coefficient (Wildman–Crippen LogP) is 6.70. The summed E-state index contributed by atoms with van der Waals surface area (Å²) in [6.07, 6.45) is 10.8. The first-order valence-corrected chi connectivity index (χ1v) is 16.8. The molecule has 0 spiro atoms. The molecule has 46 heavy (non-hydrogen) atoms. The van der Waals surface area contributed by atoms with Crippen LogP contribution < -0.4 is 9.74 Å². The van der Waals surface area contributed by atoms with Crippen LogP contribution >= 0.6 is 11.3 Å². The number of rotatable bonds is 7. The Hall–Kier alpha value is -4.61. The van der Waals surface area contributed by atoms with Crippen LogP contribution in [0.3, 0.4) is 0 Å². The minimum atomic E-state index is -0.520. The van der Waals surface area contributed by atoms with Crippen molar-refractivity contribution in [3.8, 4) is 21.8 Å². The zero-order chi connectivity index (χ0) is 31.1. The van der Waals surface area contributed by atoms with Gasteiger partial charge in [0.1, 0.15) is 16.0 Å². The van der Waals surface area contributed by atoms with E-state index in [1.165, 1.54) is 37.8 Å². The van der Waals surface area contributed by atoms with Crippen LogP contribution in [-0.2, 0) is 4.74 Å². The lowest BCUT2D eigenvalue weighted by molar-refractivity contribution is -0.0856. The van der Waals surface area contributed by atoms with Gasteiger partial charge in [0.05, 0.1) is 23.1 Å². The number of anilines is 1. The van der Waals surface area contributed by atoms with E-state index in [0.29, 0.717) is 22.5 Å². The summed E-state index contributed by atoms with van der Waals surface area (Å²) in [5, 5.41) is 13.7. The number of para-hydroxylation sites is 1. The molecule has 0 bridgehead atoms. The molecule has 234 valence electrons. The molecule has 8 rings (SSSR count). The number of imidazole rings is 1. The van der Waals surface area contributed by atoms with Gasteiger partial charge in [-0.1, -0.05) is 59.7 Å². The van der Waals surface area contributed by atoms with E-state index in [0.717, 1.165) is 57.6 Å². The average Bonchev–Trinajstić information content (AvgIpc) is 3.83. The van der Waals surface area contributed by atoms with Crippen molar-refractivity contribution in [2.75, 3.05) is 25.1 Å². The van der Waals surface area contributed by atoms with Gasteiger partial charge in [0.2, 0.25) is 4.96 Å². The first-order valence-electron chi connectivity index (χ1n) is 16.0. The molecule has 3 aromatic carbocycles. The lowest BCUT2D eigenvalue weighted by Crippen LogP contribution is -2.50. The molecule has 11 heteroatoms. The number of hydrogen-bond acceptors (Lipinski definition) is 9. The van der Waals surface area contributed by atoms with E-state index < -0.39 is 5.97 Å². The molecule has 0 unspecified atom stereocenters. The topological polar surface area (TPSA) is 99.7 Å². The Balaban J connectivity index is 0.916. The standard InChI is InChI=1S/C35H35N7O3S/c1-44-35(27-7-3-2-4-8-27)19-21-40(22-20-35)28-17-15-25(16-18-28)32-38-41-23-30(36-34(41)46-32)24-11-13-26(14-12-24)33(43)45-42-31-10-6-5-9-29(31)37-39-42/h5-6,9-18,23,27H,2-4,7-8,19-22H2,1H3. The van der Waals surface area contributed by atoms with Crippen molar-refractivity contribution < 1.29 is 14.4 Å². The highest BCUT2D eigenvalue weighted by atomic mass is 32.1. The van der Waals surface area contributed by atoms with E-state index >= 15 is 0 Å². The fraction of sp³-hybridized carbons (Fsp3) is 0.343. The summed E-state index contributed by atoms with van der Waals surface area (Å²) in [7, 11) is 1.92. The van der Waals surface area contributed by atoms with Crippen LogP contribution in [0.4, 0.5) is 5.69 Å². The maximum absolute atomic E-state index is 12.7. The largest absolute Gasteiger partial charge is 0.378 e. The van der Waals surface area contributed by atoms with Gasteiger partial charge in [-0.2, -0.15) is 5.10 Å². The van der Waals surface area contributed by atoms with Crippen molar-refractivity contribution in [3.05, 3.63) is 84.6 Å². The van der Waals surface area contributed by atoms with Crippen molar-refractivity contribution >= 4 is 39.0 Å². The summed E-state index contributed by atoms with van der Waals surface area (Å²) < 4.78 is 8.04. The molecular formula is C35H35N7O3S. The van der Waals surface area contributed by atoms with Gasteiger partial charge in [-0.25, -0.2) is 14.3 Å². The zero-order valence-electron chi connectivity index (χ0n) is 25.7. The summed E-state index contributed by atoms with van der Waals surface area (Å²) in [6.45, 7) is 2.05. The quantitative estimate of drug-likeness (QED) is 0.179. The third-order valence-electron chi connectivity index (χ3n) is 9.80. The minimum absolute atomic E-state index is 0.0492. The van der Waals surface area contributed by atoms with Crippen molar-refractivity contribution in [1.29, 1.82) is 0 Å². The maximum atomic E-state index is 12.7. The fourth-order valence-electron chi connectivity index (χ4n) is 7.15. The highest BCUT2D eigenvalue weighted by Crippen LogP contribution is 2.42. The summed E-state index contributed by atoms with van der Waals surface area (Å²) in [6, 6.07) is 23.2. The van der Waals surface area contributed by atoms with Crippen molar-refractivity contribution in [2.24, 2.45) is 5.92 Å². The molecule has 2 aliphatic rings. The summed E-state index contributed by atoms with van der Waals surface area (Å²) in [5.41, 5.74) is 5.73. The number of nitrogens with zero attached hydrogens (tertiary/aromatic N) is 7. The molecule has 0 amide bonds. The van der Waals surface area contributed by atoms with Crippen molar-refractivity contribution in [1.82, 2.24) is 29.8 Å². The second-order valence-electron chi connectivity index (χ2n) is 12.3. The molecule has 1 saturated carbocycles. The van der Waals surface area contributed by atoms with Crippen LogP contribution in [0.5, 0.6) is 0 Å². The Labute approximate surface area is 270 Å². The number of benzene rings is 3. The average molecular weight is 634 g/mol. The van der Waals surface area contributed by atoms with Crippen molar-refractivity contribution in [2.45, 2.75) is 50.5 Å². The first kappa shape index (κ1) is 28.8. The number of fused-ring (bicyclic) bond motifs is 2. The number of carbonyl (C=O) groups excluding carboxylic acids is 1. The number of aromatic nitrogens is 6. The molecule has 1 aliphatic carbocycles. The lowest BCUT2D eigenvalue weighted by atomic mass is 9.72. The second-order valence-corrected chi connectivity index (χ2v) is 13.3. The van der Waals surface area contributed by atoms with Crippen LogP contribution in [0.25, 0.3) is 37.8 Å². The molecule has 1 saturated heterocycles. The summed E-state index contributed by atoms with van der Waals surface area (Å²) >= 11 is 1.56. The smallest absolute Gasteiger partial charge is 0.365 e. The normalized spacial score (nSPS) is 17.1. The molecule has 10 nitrogen and oxygen atoms in total. The van der Waals surface area contributed by atoms with Gasteiger partial charge in [-0.3, -0.25) is 0 Å². The number of hydrogen-bond donors (Lipinski definition) is 0. The molecule has 0 N–H and O–H groups in total. The SMILES string of the molecule is COC1(C2CCCCC2)CCN(c2ccc(-c3nn4cc(-c5ccc(C(=O)On6nnc7ccccc76)cc5)nc4s3)cc2)CC1. The van der Waals surface area contributed by atoms with Crippen LogP contribution in [0, 0.1) is 5.92 Å². The van der Waals surface area contributed by atoms with Gasteiger partial charge in [-0.15, -0.1) is 5.10 Å². The summed E-state index contributed by atoms with van der Waals surface area (Å²) in [4.78, 5) is 27.4. The van der Waals surface area contributed by atoms with Gasteiger partial charge >= 0.3 is 5.97 Å². The van der Waals surface area contributed by atoms with Crippen LogP contribution in [0.1, 0.15) is 55.3 Å². The van der Waals surface area contributed by atoms with E-state index in [4.69, 9.17) is 19.7 Å². The minimum Gasteiger partial charge on any atom is -0.378 e. The zero-order valence-corrected chi connectivity index (χ0v) is 26.5. The number of ether oxygens (including phenoxy) is 1. The number of piperidine rings is 1. The fourth-order valence-corrected chi connectivity index (χ4v) is 8.03. The Morgan fingerprint density at radius 2 is 1.65 bits per heavy atom.